The van der Waals surface area contributed by atoms with Crippen LogP contribution in [0.25, 0.3) is 44.2 Å². The maximum atomic E-state index is 7.34. The molecule has 0 N–H and O–H groups in total. The highest BCUT2D eigenvalue weighted by atomic mass is 16.5. The number of hydrogen-bond acceptors (Lipinski definition) is 3. The van der Waals surface area contributed by atoms with Crippen LogP contribution in [0.15, 0.2) is 267 Å². The van der Waals surface area contributed by atoms with Gasteiger partial charge in [-0.1, -0.05) is 194 Å². The summed E-state index contributed by atoms with van der Waals surface area (Å²) in [5.74, 6) is 1.64. The van der Waals surface area contributed by atoms with Crippen molar-refractivity contribution in [2.45, 2.75) is 5.41 Å². The zero-order chi connectivity index (χ0) is 45.0. The van der Waals surface area contributed by atoms with Crippen molar-refractivity contribution in [1.82, 2.24) is 0 Å². The zero-order valence-corrected chi connectivity index (χ0v) is 37.2. The topological polar surface area (TPSA) is 15.7 Å². The highest BCUT2D eigenvalue weighted by Crippen LogP contribution is 2.58. The Labute approximate surface area is 397 Å². The zero-order valence-electron chi connectivity index (χ0n) is 37.2. The molecule has 11 aromatic rings. The quantitative estimate of drug-likeness (QED) is 0.144. The van der Waals surface area contributed by atoms with Crippen molar-refractivity contribution in [1.29, 1.82) is 0 Å². The number of fused-ring (bicyclic) bond motifs is 5. The largest absolute Gasteiger partial charge is 0.454 e. The molecule has 3 heteroatoms. The molecule has 1 aliphatic heterocycles. The first-order valence-corrected chi connectivity index (χ1v) is 23.3. The minimum Gasteiger partial charge on any atom is -0.454 e. The smallest absolute Gasteiger partial charge is 0.159 e. The molecule has 320 valence electrons. The average molecular weight is 869 g/mol. The summed E-state index contributed by atoms with van der Waals surface area (Å²) >= 11 is 0. The molecule has 0 radical (unpaired) electrons. The molecular weight excluding hydrogens is 825 g/mol. The molecule has 68 heavy (non-hydrogen) atoms. The normalized spacial score (nSPS) is 12.6. The maximum Gasteiger partial charge on any atom is 0.159 e. The molecule has 0 fully saturated rings. The molecule has 1 aliphatic carbocycles. The minimum atomic E-state index is -0.547. The molecule has 0 aromatic heterocycles. The van der Waals surface area contributed by atoms with E-state index in [4.69, 9.17) is 4.74 Å². The summed E-state index contributed by atoms with van der Waals surface area (Å²) in [5.41, 5.74) is 17.7. The van der Waals surface area contributed by atoms with E-state index in [0.29, 0.717) is 0 Å². The van der Waals surface area contributed by atoms with Crippen molar-refractivity contribution in [3.05, 3.63) is 289 Å². The predicted octanol–water partition coefficient (Wildman–Crippen LogP) is 17.6. The van der Waals surface area contributed by atoms with Gasteiger partial charge in [-0.2, -0.15) is 0 Å². The molecule has 1 heterocycles. The fourth-order valence-electron chi connectivity index (χ4n) is 10.9. The van der Waals surface area contributed by atoms with E-state index < -0.39 is 5.41 Å². The number of ether oxygens (including phenoxy) is 1. The lowest BCUT2D eigenvalue weighted by Crippen LogP contribution is -2.28. The van der Waals surface area contributed by atoms with E-state index in [2.05, 4.69) is 277 Å². The van der Waals surface area contributed by atoms with Crippen LogP contribution >= 0.6 is 0 Å². The van der Waals surface area contributed by atoms with Crippen molar-refractivity contribution in [3.63, 3.8) is 0 Å². The van der Waals surface area contributed by atoms with E-state index in [0.717, 1.165) is 67.5 Å². The summed E-state index contributed by atoms with van der Waals surface area (Å²) in [6.45, 7) is 0. The molecule has 0 spiro atoms. The standard InChI is InChI=1S/C65H44N2O/c1-6-19-45(20-7-1)46-33-36-52(37-34-46)66(53-38-40-56-55-30-16-17-32-59(55)65(60(56)43-53,48-22-8-2-9-23-48)49-24-10-3-11-25-49)54-39-41-57-58-31-18-21-47-35-42-61(64(63(47)58)68-62(57)44-54)67(50-26-12-4-13-27-50)51-28-14-5-15-29-51/h1-44H. The third-order valence-electron chi connectivity index (χ3n) is 13.9. The van der Waals surface area contributed by atoms with E-state index in [1.807, 2.05) is 0 Å². The van der Waals surface area contributed by atoms with Gasteiger partial charge in [0.25, 0.3) is 0 Å². The molecule has 2 aliphatic rings. The lowest BCUT2D eigenvalue weighted by molar-refractivity contribution is 0.488. The number of rotatable bonds is 9. The van der Waals surface area contributed by atoms with E-state index >= 15 is 0 Å². The molecular formula is C65H44N2O. The van der Waals surface area contributed by atoms with Gasteiger partial charge < -0.3 is 14.5 Å². The Hall–Kier alpha value is -8.92. The van der Waals surface area contributed by atoms with Gasteiger partial charge in [-0.3, -0.25) is 0 Å². The summed E-state index contributed by atoms with van der Waals surface area (Å²) in [6.07, 6.45) is 0. The van der Waals surface area contributed by atoms with Crippen LogP contribution in [-0.2, 0) is 5.41 Å². The van der Waals surface area contributed by atoms with Gasteiger partial charge in [0.2, 0.25) is 0 Å². The van der Waals surface area contributed by atoms with Gasteiger partial charge in [0.05, 0.1) is 11.1 Å². The van der Waals surface area contributed by atoms with E-state index in [-0.39, 0.29) is 0 Å². The summed E-state index contributed by atoms with van der Waals surface area (Å²) in [7, 11) is 0. The monoisotopic (exact) mass is 868 g/mol. The highest BCUT2D eigenvalue weighted by Gasteiger charge is 2.46. The number of benzene rings is 11. The second-order valence-corrected chi connectivity index (χ2v) is 17.6. The second-order valence-electron chi connectivity index (χ2n) is 17.6. The molecule has 0 saturated carbocycles. The van der Waals surface area contributed by atoms with Gasteiger partial charge >= 0.3 is 0 Å². The predicted molar refractivity (Wildman–Crippen MR) is 282 cm³/mol. The van der Waals surface area contributed by atoms with Gasteiger partial charge in [-0.25, -0.2) is 0 Å². The van der Waals surface area contributed by atoms with Crippen molar-refractivity contribution in [3.8, 4) is 44.9 Å². The Balaban J connectivity index is 1.01. The fourth-order valence-corrected chi connectivity index (χ4v) is 10.9. The molecule has 11 aromatic carbocycles. The van der Waals surface area contributed by atoms with Crippen LogP contribution < -0.4 is 14.5 Å². The number of para-hydroxylation sites is 2. The van der Waals surface area contributed by atoms with Crippen LogP contribution in [0, 0.1) is 0 Å². The van der Waals surface area contributed by atoms with Crippen molar-refractivity contribution < 1.29 is 4.74 Å². The van der Waals surface area contributed by atoms with Crippen LogP contribution in [0.2, 0.25) is 0 Å². The highest BCUT2D eigenvalue weighted by molar-refractivity contribution is 6.08. The molecule has 0 unspecified atom stereocenters. The number of hydrogen-bond donors (Lipinski definition) is 0. The van der Waals surface area contributed by atoms with Gasteiger partial charge in [0, 0.05) is 45.5 Å². The van der Waals surface area contributed by atoms with Crippen molar-refractivity contribution in [2.24, 2.45) is 0 Å². The summed E-state index contributed by atoms with van der Waals surface area (Å²) in [6, 6.07) is 96.5. The second kappa shape index (κ2) is 16.2. The first-order valence-electron chi connectivity index (χ1n) is 23.3. The van der Waals surface area contributed by atoms with Crippen LogP contribution in [0.1, 0.15) is 22.3 Å². The van der Waals surface area contributed by atoms with Gasteiger partial charge in [-0.05, 0) is 122 Å². The van der Waals surface area contributed by atoms with Gasteiger partial charge in [0.1, 0.15) is 5.75 Å². The first-order chi connectivity index (χ1) is 33.7. The van der Waals surface area contributed by atoms with Crippen molar-refractivity contribution in [2.75, 3.05) is 9.80 Å². The molecule has 0 atom stereocenters. The van der Waals surface area contributed by atoms with Crippen LogP contribution in [0.4, 0.5) is 34.1 Å². The lowest BCUT2D eigenvalue weighted by atomic mass is 9.67. The Bertz CT molecular complexity index is 3550. The maximum absolute atomic E-state index is 7.34. The number of anilines is 6. The molecule has 3 nitrogen and oxygen atoms in total. The van der Waals surface area contributed by atoms with Gasteiger partial charge in [-0.15, -0.1) is 0 Å². The van der Waals surface area contributed by atoms with E-state index in [9.17, 15) is 0 Å². The number of nitrogens with zero attached hydrogens (tertiary/aromatic N) is 2. The van der Waals surface area contributed by atoms with Crippen LogP contribution in [0.5, 0.6) is 11.5 Å². The Kier molecular flexibility index (Phi) is 9.40. The van der Waals surface area contributed by atoms with Crippen LogP contribution in [0.3, 0.4) is 0 Å². The summed E-state index contributed by atoms with van der Waals surface area (Å²) in [4.78, 5) is 4.69. The SMILES string of the molecule is c1ccc(-c2ccc(N(c3ccc4c(c3)Oc3c(N(c5ccccc5)c5ccccc5)ccc5cccc-4c35)c3ccc4c(c3)C(c3ccccc3)(c3ccccc3)c3ccccc3-4)cc2)cc1. The molecule has 0 saturated heterocycles. The van der Waals surface area contributed by atoms with E-state index in [1.165, 1.54) is 44.5 Å². The third-order valence-corrected chi connectivity index (χ3v) is 13.9. The summed E-state index contributed by atoms with van der Waals surface area (Å²) < 4.78 is 7.34. The Morgan fingerprint density at radius 1 is 0.309 bits per heavy atom. The Morgan fingerprint density at radius 2 is 0.809 bits per heavy atom. The fraction of sp³-hybridized carbons (Fsp3) is 0.0154. The average Bonchev–Trinajstić information content (AvgIpc) is 3.71. The first kappa shape index (κ1) is 39.4. The summed E-state index contributed by atoms with van der Waals surface area (Å²) in [5, 5.41) is 2.24. The third kappa shape index (κ3) is 6.28. The molecule has 13 rings (SSSR count). The Morgan fingerprint density at radius 3 is 1.47 bits per heavy atom. The van der Waals surface area contributed by atoms with E-state index in [1.54, 1.807) is 0 Å². The van der Waals surface area contributed by atoms with Gasteiger partial charge in [0.15, 0.2) is 5.75 Å². The molecule has 0 bridgehead atoms. The van der Waals surface area contributed by atoms with Crippen LogP contribution in [-0.4, -0.2) is 0 Å². The molecule has 0 amide bonds. The van der Waals surface area contributed by atoms with Crippen molar-refractivity contribution >= 4 is 44.9 Å². The lowest BCUT2D eigenvalue weighted by Gasteiger charge is -2.35. The minimum absolute atomic E-state index is 0.547.